The van der Waals surface area contributed by atoms with Crippen LogP contribution in [0, 0.1) is 19.7 Å². The van der Waals surface area contributed by atoms with Crippen LogP contribution in [0.1, 0.15) is 37.5 Å². The van der Waals surface area contributed by atoms with E-state index in [-0.39, 0.29) is 28.2 Å². The van der Waals surface area contributed by atoms with Gasteiger partial charge in [-0.05, 0) is 125 Å². The van der Waals surface area contributed by atoms with Gasteiger partial charge >= 0.3 is 6.18 Å². The Hall–Kier alpha value is -7.25. The van der Waals surface area contributed by atoms with Gasteiger partial charge in [-0.2, -0.15) is 13.2 Å². The molecule has 65 heavy (non-hydrogen) atoms. The SMILES string of the molecule is CCn1c(=O)c(-c2ccc(C(F)(F)F)cc2)nc2ccccc21.CCn1c(=O)c(-c2ccc(Cl)cc2C)nc2ccccc21.CCn1c(=O)c(-c2ccc(F)cc2C)nc2ccccc21. The highest BCUT2D eigenvalue weighted by Gasteiger charge is 2.30. The average molecular weight is 899 g/mol. The molecule has 0 aliphatic rings. The van der Waals surface area contributed by atoms with Crippen molar-refractivity contribution in [3.05, 3.63) is 192 Å². The number of aromatic nitrogens is 6. The Morgan fingerprint density at radius 1 is 0.508 bits per heavy atom. The molecule has 9 rings (SSSR count). The van der Waals surface area contributed by atoms with Gasteiger partial charge in [0.25, 0.3) is 16.7 Å². The van der Waals surface area contributed by atoms with Crippen LogP contribution in [0.4, 0.5) is 17.6 Å². The lowest BCUT2D eigenvalue weighted by atomic mass is 10.1. The molecule has 0 unspecified atom stereocenters. The van der Waals surface area contributed by atoms with Gasteiger partial charge in [0.05, 0.1) is 38.7 Å². The molecule has 0 N–H and O–H groups in total. The number of nitrogens with zero attached hydrogens (tertiary/aromatic N) is 6. The lowest BCUT2D eigenvalue weighted by molar-refractivity contribution is -0.137. The normalized spacial score (nSPS) is 11.3. The fourth-order valence-corrected chi connectivity index (χ4v) is 7.89. The van der Waals surface area contributed by atoms with Crippen molar-refractivity contribution in [2.45, 2.75) is 60.4 Å². The number of hydrogen-bond acceptors (Lipinski definition) is 6. The third kappa shape index (κ3) is 9.51. The van der Waals surface area contributed by atoms with E-state index >= 15 is 0 Å². The first-order valence-corrected chi connectivity index (χ1v) is 21.2. The van der Waals surface area contributed by atoms with Crippen LogP contribution >= 0.6 is 11.6 Å². The summed E-state index contributed by atoms with van der Waals surface area (Å²) in [6.45, 7) is 11.1. The van der Waals surface area contributed by atoms with Crippen molar-refractivity contribution >= 4 is 44.7 Å². The van der Waals surface area contributed by atoms with Crippen molar-refractivity contribution < 1.29 is 17.6 Å². The number of fused-ring (bicyclic) bond motifs is 3. The molecule has 9 aromatic rings. The van der Waals surface area contributed by atoms with Gasteiger partial charge in [0.2, 0.25) is 0 Å². The first kappa shape index (κ1) is 45.8. The molecule has 9 nitrogen and oxygen atoms in total. The van der Waals surface area contributed by atoms with Gasteiger partial charge in [-0.15, -0.1) is 0 Å². The van der Waals surface area contributed by atoms with Gasteiger partial charge in [-0.3, -0.25) is 14.4 Å². The minimum absolute atomic E-state index is 0.0679. The number of aryl methyl sites for hydroxylation is 5. The maximum atomic E-state index is 13.3. The Morgan fingerprint density at radius 2 is 0.892 bits per heavy atom. The standard InChI is InChI=1S/C17H15ClN2O.C17H13F3N2O.C17H15FN2O/c1-3-20-15-7-5-4-6-14(15)19-16(17(20)21)13-9-8-12(18)10-11(13)2;1-2-22-14-6-4-3-5-13(14)21-15(16(22)23)11-7-9-12(10-8-11)17(18,19)20;1-3-20-15-7-5-4-6-14(15)19-16(17(20)21)13-9-8-12(18)10-11(13)2/h4-10H,3H2,1-2H3;3-10H,2H2,1H3;4-10H,3H2,1-2H3. The third-order valence-corrected chi connectivity index (χ3v) is 11.1. The smallest absolute Gasteiger partial charge is 0.305 e. The average Bonchev–Trinajstić information content (AvgIpc) is 3.29. The van der Waals surface area contributed by atoms with Crippen LogP contribution < -0.4 is 16.7 Å². The summed E-state index contributed by atoms with van der Waals surface area (Å²) in [7, 11) is 0. The topological polar surface area (TPSA) is 105 Å². The van der Waals surface area contributed by atoms with Crippen LogP contribution in [0.25, 0.3) is 66.9 Å². The molecule has 0 bridgehead atoms. The number of alkyl halides is 3. The highest BCUT2D eigenvalue weighted by Crippen LogP contribution is 2.31. The molecule has 0 radical (unpaired) electrons. The Morgan fingerprint density at radius 3 is 1.29 bits per heavy atom. The molecule has 3 heterocycles. The highest BCUT2D eigenvalue weighted by molar-refractivity contribution is 6.30. The van der Waals surface area contributed by atoms with Gasteiger partial charge < -0.3 is 13.7 Å². The number of para-hydroxylation sites is 6. The summed E-state index contributed by atoms with van der Waals surface area (Å²) >= 11 is 5.99. The first-order valence-electron chi connectivity index (χ1n) is 20.8. The summed E-state index contributed by atoms with van der Waals surface area (Å²) in [6, 6.07) is 36.8. The van der Waals surface area contributed by atoms with Gasteiger partial charge in [0.1, 0.15) is 22.9 Å². The number of benzene rings is 6. The Labute approximate surface area is 375 Å². The molecule has 0 atom stereocenters. The van der Waals surface area contributed by atoms with Crippen molar-refractivity contribution in [2.24, 2.45) is 0 Å². The van der Waals surface area contributed by atoms with Crippen LogP contribution in [0.2, 0.25) is 5.02 Å². The predicted octanol–water partition coefficient (Wildman–Crippen LogP) is 11.7. The summed E-state index contributed by atoms with van der Waals surface area (Å²) in [5.74, 6) is -0.312. The lowest BCUT2D eigenvalue weighted by Crippen LogP contribution is -2.23. The molecule has 0 saturated heterocycles. The number of rotatable bonds is 6. The maximum absolute atomic E-state index is 13.3. The minimum atomic E-state index is -4.40. The van der Waals surface area contributed by atoms with E-state index in [0.29, 0.717) is 63.8 Å². The lowest BCUT2D eigenvalue weighted by Gasteiger charge is -2.11. The van der Waals surface area contributed by atoms with Crippen molar-refractivity contribution in [3.8, 4) is 33.8 Å². The molecule has 14 heteroatoms. The van der Waals surface area contributed by atoms with Crippen LogP contribution in [-0.2, 0) is 25.8 Å². The minimum Gasteiger partial charge on any atom is -0.305 e. The second-order valence-electron chi connectivity index (χ2n) is 15.0. The summed E-state index contributed by atoms with van der Waals surface area (Å²) in [5, 5.41) is 0.660. The molecule has 3 aromatic heterocycles. The zero-order valence-electron chi connectivity index (χ0n) is 36.1. The summed E-state index contributed by atoms with van der Waals surface area (Å²) < 4.78 is 56.2. The summed E-state index contributed by atoms with van der Waals surface area (Å²) in [6.07, 6.45) is -4.40. The van der Waals surface area contributed by atoms with E-state index in [1.54, 1.807) is 51.0 Å². The van der Waals surface area contributed by atoms with Crippen LogP contribution in [0.3, 0.4) is 0 Å². The van der Waals surface area contributed by atoms with Crippen molar-refractivity contribution in [1.29, 1.82) is 0 Å². The molecule has 0 aliphatic carbocycles. The predicted molar refractivity (Wildman–Crippen MR) is 251 cm³/mol. The highest BCUT2D eigenvalue weighted by atomic mass is 35.5. The van der Waals surface area contributed by atoms with Crippen molar-refractivity contribution in [2.75, 3.05) is 0 Å². The molecule has 0 spiro atoms. The van der Waals surface area contributed by atoms with Crippen molar-refractivity contribution in [1.82, 2.24) is 28.7 Å². The second-order valence-corrected chi connectivity index (χ2v) is 15.4. The van der Waals surface area contributed by atoms with E-state index in [2.05, 4.69) is 15.0 Å². The molecule has 0 fully saturated rings. The van der Waals surface area contributed by atoms with Gasteiger partial charge in [-0.25, -0.2) is 19.3 Å². The van der Waals surface area contributed by atoms with E-state index in [1.165, 1.54) is 24.3 Å². The largest absolute Gasteiger partial charge is 0.416 e. The first-order chi connectivity index (χ1) is 31.1. The number of hydrogen-bond donors (Lipinski definition) is 0. The monoisotopic (exact) mass is 898 g/mol. The zero-order valence-corrected chi connectivity index (χ0v) is 36.9. The molecule has 0 saturated carbocycles. The fourth-order valence-electron chi connectivity index (χ4n) is 7.66. The Kier molecular flexibility index (Phi) is 13.5. The van der Waals surface area contributed by atoms with Crippen LogP contribution in [0.15, 0.2) is 148 Å². The van der Waals surface area contributed by atoms with Crippen molar-refractivity contribution in [3.63, 3.8) is 0 Å². The van der Waals surface area contributed by atoms with E-state index in [4.69, 9.17) is 11.6 Å². The fraction of sp³-hybridized carbons (Fsp3) is 0.176. The quantitative estimate of drug-likeness (QED) is 0.154. The maximum Gasteiger partial charge on any atom is 0.416 e. The van der Waals surface area contributed by atoms with Gasteiger partial charge in [0, 0.05) is 41.3 Å². The van der Waals surface area contributed by atoms with E-state index in [0.717, 1.165) is 45.3 Å². The van der Waals surface area contributed by atoms with Gasteiger partial charge in [-0.1, -0.05) is 66.2 Å². The Balaban J connectivity index is 0.000000146. The second kappa shape index (κ2) is 19.2. The molecular formula is C51H43ClF4N6O3. The van der Waals surface area contributed by atoms with Crippen LogP contribution in [-0.4, -0.2) is 28.7 Å². The molecule has 0 amide bonds. The molecule has 0 aliphatic heterocycles. The van der Waals surface area contributed by atoms with E-state index in [9.17, 15) is 31.9 Å². The van der Waals surface area contributed by atoms with Gasteiger partial charge in [0.15, 0.2) is 0 Å². The zero-order chi connectivity index (χ0) is 46.6. The number of halogens is 5. The van der Waals surface area contributed by atoms with Crippen LogP contribution in [0.5, 0.6) is 0 Å². The Bertz CT molecular complexity index is 3250. The molecule has 6 aromatic carbocycles. The summed E-state index contributed by atoms with van der Waals surface area (Å²) in [5.41, 5.74) is 7.84. The molecule has 330 valence electrons. The third-order valence-electron chi connectivity index (χ3n) is 10.9. The molecular weight excluding hydrogens is 856 g/mol. The van der Waals surface area contributed by atoms with E-state index in [1.807, 2.05) is 94.4 Å². The van der Waals surface area contributed by atoms with E-state index < -0.39 is 11.7 Å². The summed E-state index contributed by atoms with van der Waals surface area (Å²) in [4.78, 5) is 51.3.